The molecule has 1 aliphatic rings. The third-order valence-electron chi connectivity index (χ3n) is 3.19. The Labute approximate surface area is 102 Å². The Hall–Kier alpha value is -0.930. The van der Waals surface area contributed by atoms with Gasteiger partial charge < -0.3 is 5.73 Å². The van der Waals surface area contributed by atoms with Crippen molar-refractivity contribution in [1.82, 2.24) is 4.90 Å². The molecule has 1 unspecified atom stereocenters. The number of nitrogens with zero attached hydrogens (tertiary/aromatic N) is 1. The lowest BCUT2D eigenvalue weighted by atomic mass is 10.0. The highest BCUT2D eigenvalue weighted by Crippen LogP contribution is 2.34. The Bertz CT molecular complexity index is 359. The third kappa shape index (κ3) is 2.80. The Morgan fingerprint density at radius 3 is 2.56 bits per heavy atom. The summed E-state index contributed by atoms with van der Waals surface area (Å²) < 4.78 is 0. The number of hydrogen-bond acceptors (Lipinski definition) is 2. The van der Waals surface area contributed by atoms with E-state index in [1.54, 1.807) is 0 Å². The molecule has 0 aromatic heterocycles. The number of benzene rings is 1. The maximum absolute atomic E-state index is 5.69. The van der Waals surface area contributed by atoms with Gasteiger partial charge in [0.1, 0.15) is 0 Å². The molecule has 1 aromatic rings. The van der Waals surface area contributed by atoms with Crippen molar-refractivity contribution in [2.45, 2.75) is 31.3 Å². The van der Waals surface area contributed by atoms with Gasteiger partial charge in [0.05, 0.1) is 4.99 Å². The molecular weight excluding hydrogens is 216 g/mol. The van der Waals surface area contributed by atoms with Crippen LogP contribution in [0.1, 0.15) is 30.9 Å². The van der Waals surface area contributed by atoms with Gasteiger partial charge in [-0.2, -0.15) is 0 Å². The average molecular weight is 234 g/mol. The zero-order chi connectivity index (χ0) is 11.5. The molecule has 1 aromatic carbocycles. The van der Waals surface area contributed by atoms with Gasteiger partial charge in [-0.15, -0.1) is 0 Å². The topological polar surface area (TPSA) is 29.3 Å². The molecule has 0 radical (unpaired) electrons. The van der Waals surface area contributed by atoms with Crippen LogP contribution in [0.5, 0.6) is 0 Å². The van der Waals surface area contributed by atoms with Gasteiger partial charge in [0.2, 0.25) is 0 Å². The van der Waals surface area contributed by atoms with Gasteiger partial charge in [0.15, 0.2) is 0 Å². The Kier molecular flexibility index (Phi) is 3.56. The van der Waals surface area contributed by atoms with Gasteiger partial charge in [0.25, 0.3) is 0 Å². The molecule has 0 amide bonds. The fourth-order valence-electron chi connectivity index (χ4n) is 2.10. The number of hydrogen-bond donors (Lipinski definition) is 1. The van der Waals surface area contributed by atoms with E-state index in [0.29, 0.717) is 11.0 Å². The molecule has 0 bridgehead atoms. The molecule has 2 nitrogen and oxygen atoms in total. The molecule has 1 aliphatic carbocycles. The zero-order valence-electron chi connectivity index (χ0n) is 9.60. The zero-order valence-corrected chi connectivity index (χ0v) is 10.4. The lowest BCUT2D eigenvalue weighted by Crippen LogP contribution is -2.30. The predicted octanol–water partition coefficient (Wildman–Crippen LogP) is 2.50. The summed E-state index contributed by atoms with van der Waals surface area (Å²) in [5.41, 5.74) is 7.00. The molecule has 0 heterocycles. The van der Waals surface area contributed by atoms with Crippen molar-refractivity contribution in [3.63, 3.8) is 0 Å². The van der Waals surface area contributed by atoms with E-state index in [1.165, 1.54) is 18.4 Å². The first-order valence-corrected chi connectivity index (χ1v) is 6.14. The number of thiocarbonyl (C=S) groups is 1. The van der Waals surface area contributed by atoms with Crippen molar-refractivity contribution in [2.75, 3.05) is 7.05 Å². The van der Waals surface area contributed by atoms with Crippen LogP contribution in [0.4, 0.5) is 0 Å². The fourth-order valence-corrected chi connectivity index (χ4v) is 2.26. The van der Waals surface area contributed by atoms with Crippen LogP contribution < -0.4 is 5.73 Å². The van der Waals surface area contributed by atoms with Gasteiger partial charge in [-0.25, -0.2) is 0 Å². The van der Waals surface area contributed by atoms with Crippen LogP contribution in [-0.2, 0) is 0 Å². The minimum atomic E-state index is 0.339. The quantitative estimate of drug-likeness (QED) is 0.794. The van der Waals surface area contributed by atoms with Gasteiger partial charge in [-0.05, 0) is 25.5 Å². The first-order valence-electron chi connectivity index (χ1n) is 5.73. The van der Waals surface area contributed by atoms with Crippen LogP contribution in [0.2, 0.25) is 0 Å². The summed E-state index contributed by atoms with van der Waals surface area (Å²) in [6.07, 6.45) is 3.38. The first-order chi connectivity index (χ1) is 7.68. The standard InChI is InChI=1S/C13H18N2S/c1-15(11-7-8-11)12(9-13(14)16)10-5-3-2-4-6-10/h2-6,11-12H,7-9H2,1H3,(H2,14,16). The van der Waals surface area contributed by atoms with E-state index in [2.05, 4.69) is 36.2 Å². The predicted molar refractivity (Wildman–Crippen MR) is 71.4 cm³/mol. The molecule has 0 spiro atoms. The molecule has 16 heavy (non-hydrogen) atoms. The number of nitrogens with two attached hydrogens (primary N) is 1. The average Bonchev–Trinajstić information content (AvgIpc) is 3.10. The second-order valence-electron chi connectivity index (χ2n) is 4.49. The summed E-state index contributed by atoms with van der Waals surface area (Å²) in [6.45, 7) is 0. The molecule has 1 fully saturated rings. The molecule has 86 valence electrons. The molecule has 2 rings (SSSR count). The van der Waals surface area contributed by atoms with Crippen LogP contribution >= 0.6 is 12.2 Å². The van der Waals surface area contributed by atoms with E-state index in [-0.39, 0.29) is 0 Å². The van der Waals surface area contributed by atoms with Crippen LogP contribution in [-0.4, -0.2) is 23.0 Å². The Morgan fingerprint density at radius 2 is 2.06 bits per heavy atom. The summed E-state index contributed by atoms with van der Waals surface area (Å²) in [5, 5.41) is 0. The van der Waals surface area contributed by atoms with Crippen molar-refractivity contribution in [3.05, 3.63) is 35.9 Å². The van der Waals surface area contributed by atoms with E-state index in [1.807, 2.05) is 6.07 Å². The monoisotopic (exact) mass is 234 g/mol. The number of rotatable bonds is 5. The van der Waals surface area contributed by atoms with Crippen molar-refractivity contribution in [3.8, 4) is 0 Å². The highest BCUT2D eigenvalue weighted by molar-refractivity contribution is 7.80. The summed E-state index contributed by atoms with van der Waals surface area (Å²) in [5.74, 6) is 0. The third-order valence-corrected chi connectivity index (χ3v) is 3.36. The van der Waals surface area contributed by atoms with Crippen molar-refractivity contribution < 1.29 is 0 Å². The van der Waals surface area contributed by atoms with Crippen molar-refractivity contribution in [1.29, 1.82) is 0 Å². The molecule has 0 saturated heterocycles. The Balaban J connectivity index is 2.16. The largest absolute Gasteiger partial charge is 0.393 e. The summed E-state index contributed by atoms with van der Waals surface area (Å²) in [4.78, 5) is 3.01. The van der Waals surface area contributed by atoms with Gasteiger partial charge in [0, 0.05) is 18.5 Å². The molecule has 1 saturated carbocycles. The van der Waals surface area contributed by atoms with E-state index >= 15 is 0 Å². The second-order valence-corrected chi connectivity index (χ2v) is 5.02. The van der Waals surface area contributed by atoms with Crippen molar-refractivity contribution >= 4 is 17.2 Å². The van der Waals surface area contributed by atoms with Gasteiger partial charge in [-0.1, -0.05) is 42.5 Å². The molecule has 2 N–H and O–H groups in total. The lowest BCUT2D eigenvalue weighted by Gasteiger charge is -2.28. The highest BCUT2D eigenvalue weighted by Gasteiger charge is 2.31. The van der Waals surface area contributed by atoms with Crippen molar-refractivity contribution in [2.24, 2.45) is 5.73 Å². The van der Waals surface area contributed by atoms with Crippen LogP contribution in [0.3, 0.4) is 0 Å². The van der Waals surface area contributed by atoms with Gasteiger partial charge >= 0.3 is 0 Å². The first kappa shape index (κ1) is 11.6. The minimum absolute atomic E-state index is 0.339. The van der Waals surface area contributed by atoms with Crippen LogP contribution in [0.25, 0.3) is 0 Å². The Morgan fingerprint density at radius 1 is 1.44 bits per heavy atom. The SMILES string of the molecule is CN(C1CC1)C(CC(N)=S)c1ccccc1. The molecule has 3 heteroatoms. The van der Waals surface area contributed by atoms with E-state index in [4.69, 9.17) is 18.0 Å². The highest BCUT2D eigenvalue weighted by atomic mass is 32.1. The van der Waals surface area contributed by atoms with Gasteiger partial charge in [-0.3, -0.25) is 4.90 Å². The molecule has 1 atom stereocenters. The maximum atomic E-state index is 5.69. The minimum Gasteiger partial charge on any atom is -0.393 e. The smallest absolute Gasteiger partial charge is 0.0746 e. The van der Waals surface area contributed by atoms with E-state index in [0.717, 1.165) is 12.5 Å². The van der Waals surface area contributed by atoms with Crippen LogP contribution in [0, 0.1) is 0 Å². The second kappa shape index (κ2) is 4.93. The molecular formula is C13H18N2S. The van der Waals surface area contributed by atoms with Crippen LogP contribution in [0.15, 0.2) is 30.3 Å². The maximum Gasteiger partial charge on any atom is 0.0746 e. The lowest BCUT2D eigenvalue weighted by molar-refractivity contribution is 0.240. The van der Waals surface area contributed by atoms with E-state index in [9.17, 15) is 0 Å². The molecule has 0 aliphatic heterocycles. The fraction of sp³-hybridized carbons (Fsp3) is 0.462. The normalized spacial score (nSPS) is 17.4. The van der Waals surface area contributed by atoms with E-state index < -0.39 is 0 Å². The summed E-state index contributed by atoms with van der Waals surface area (Å²) in [7, 11) is 2.17. The summed E-state index contributed by atoms with van der Waals surface area (Å²) in [6, 6.07) is 11.6. The summed E-state index contributed by atoms with van der Waals surface area (Å²) >= 11 is 5.05.